The van der Waals surface area contributed by atoms with Crippen LogP contribution in [-0.4, -0.2) is 18.0 Å². The van der Waals surface area contributed by atoms with E-state index in [2.05, 4.69) is 10.3 Å². The number of hydrogen-bond acceptors (Lipinski definition) is 3. The van der Waals surface area contributed by atoms with E-state index in [0.29, 0.717) is 22.7 Å². The highest BCUT2D eigenvalue weighted by Crippen LogP contribution is 2.23. The van der Waals surface area contributed by atoms with Crippen molar-refractivity contribution in [3.63, 3.8) is 0 Å². The zero-order valence-corrected chi connectivity index (χ0v) is 13.4. The standard InChI is InChI=1S/C19H15FN2O3/c1-25-17-5-3-2-4-16(17)22-19(24)14-10-11-15(21-18(14)23)12-6-8-13(20)9-7-12/h2-11H,1H3,(H,21,23)(H,22,24). The van der Waals surface area contributed by atoms with Crippen molar-refractivity contribution in [2.75, 3.05) is 12.4 Å². The van der Waals surface area contributed by atoms with Crippen molar-refractivity contribution in [3.8, 4) is 17.0 Å². The molecule has 0 aliphatic carbocycles. The molecule has 0 atom stereocenters. The summed E-state index contributed by atoms with van der Waals surface area (Å²) >= 11 is 0. The minimum absolute atomic E-state index is 0.0308. The van der Waals surface area contributed by atoms with Gasteiger partial charge in [0.2, 0.25) is 0 Å². The van der Waals surface area contributed by atoms with Crippen molar-refractivity contribution < 1.29 is 13.9 Å². The lowest BCUT2D eigenvalue weighted by Gasteiger charge is -2.10. The number of para-hydroxylation sites is 2. The molecule has 0 aliphatic rings. The van der Waals surface area contributed by atoms with Crippen molar-refractivity contribution in [1.82, 2.24) is 4.98 Å². The number of halogens is 1. The summed E-state index contributed by atoms with van der Waals surface area (Å²) in [5, 5.41) is 2.65. The molecule has 6 heteroatoms. The van der Waals surface area contributed by atoms with Gasteiger partial charge in [0.05, 0.1) is 12.8 Å². The lowest BCUT2D eigenvalue weighted by molar-refractivity contribution is 0.102. The van der Waals surface area contributed by atoms with Crippen LogP contribution in [0.4, 0.5) is 10.1 Å². The second kappa shape index (κ2) is 7.00. The Morgan fingerprint density at radius 3 is 2.44 bits per heavy atom. The molecule has 0 unspecified atom stereocenters. The minimum atomic E-state index is -0.545. The van der Waals surface area contributed by atoms with E-state index in [1.54, 1.807) is 42.5 Å². The minimum Gasteiger partial charge on any atom is -0.495 e. The van der Waals surface area contributed by atoms with E-state index in [0.717, 1.165) is 0 Å². The second-order valence-electron chi connectivity index (χ2n) is 5.28. The fraction of sp³-hybridized carbons (Fsp3) is 0.0526. The van der Waals surface area contributed by atoms with Crippen LogP contribution < -0.4 is 15.6 Å². The van der Waals surface area contributed by atoms with Crippen molar-refractivity contribution in [2.45, 2.75) is 0 Å². The third-order valence-electron chi connectivity index (χ3n) is 3.66. The van der Waals surface area contributed by atoms with Gasteiger partial charge in [0, 0.05) is 5.69 Å². The van der Waals surface area contributed by atoms with Gasteiger partial charge in [-0.05, 0) is 54.1 Å². The predicted octanol–water partition coefficient (Wildman–Crippen LogP) is 3.44. The zero-order chi connectivity index (χ0) is 17.8. The van der Waals surface area contributed by atoms with Crippen LogP contribution in [0.2, 0.25) is 0 Å². The second-order valence-corrected chi connectivity index (χ2v) is 5.28. The summed E-state index contributed by atoms with van der Waals surface area (Å²) in [6.45, 7) is 0. The van der Waals surface area contributed by atoms with Gasteiger partial charge in [-0.15, -0.1) is 0 Å². The van der Waals surface area contributed by atoms with E-state index < -0.39 is 11.5 Å². The first kappa shape index (κ1) is 16.4. The van der Waals surface area contributed by atoms with Gasteiger partial charge in [-0.3, -0.25) is 9.59 Å². The first-order valence-corrected chi connectivity index (χ1v) is 7.52. The number of H-pyrrole nitrogens is 1. The number of carbonyl (C=O) groups is 1. The van der Waals surface area contributed by atoms with Crippen molar-refractivity contribution in [2.24, 2.45) is 0 Å². The van der Waals surface area contributed by atoms with E-state index >= 15 is 0 Å². The molecule has 3 aromatic rings. The first-order valence-electron chi connectivity index (χ1n) is 7.52. The predicted molar refractivity (Wildman–Crippen MR) is 93.4 cm³/mol. The largest absolute Gasteiger partial charge is 0.495 e. The Morgan fingerprint density at radius 2 is 1.76 bits per heavy atom. The molecule has 0 spiro atoms. The summed E-state index contributed by atoms with van der Waals surface area (Å²) < 4.78 is 18.2. The summed E-state index contributed by atoms with van der Waals surface area (Å²) in [4.78, 5) is 27.2. The topological polar surface area (TPSA) is 71.2 Å². The number of carbonyl (C=O) groups excluding carboxylic acids is 1. The molecule has 0 bridgehead atoms. The number of methoxy groups -OCH3 is 1. The van der Waals surface area contributed by atoms with Gasteiger partial charge in [-0.1, -0.05) is 12.1 Å². The normalized spacial score (nSPS) is 10.3. The van der Waals surface area contributed by atoms with Crippen LogP contribution in [0.5, 0.6) is 5.75 Å². The number of aromatic amines is 1. The average molecular weight is 338 g/mol. The molecule has 0 saturated carbocycles. The number of nitrogens with one attached hydrogen (secondary N) is 2. The van der Waals surface area contributed by atoms with Crippen molar-refractivity contribution >= 4 is 11.6 Å². The van der Waals surface area contributed by atoms with Crippen molar-refractivity contribution in [1.29, 1.82) is 0 Å². The molecule has 0 saturated heterocycles. The van der Waals surface area contributed by atoms with Crippen LogP contribution in [0.1, 0.15) is 10.4 Å². The zero-order valence-electron chi connectivity index (χ0n) is 13.4. The van der Waals surface area contributed by atoms with Crippen LogP contribution >= 0.6 is 0 Å². The monoisotopic (exact) mass is 338 g/mol. The molecule has 2 aromatic carbocycles. The van der Waals surface area contributed by atoms with Gasteiger partial charge in [-0.2, -0.15) is 0 Å². The van der Waals surface area contributed by atoms with E-state index in [-0.39, 0.29) is 11.4 Å². The quantitative estimate of drug-likeness (QED) is 0.765. The fourth-order valence-corrected chi connectivity index (χ4v) is 2.39. The maximum absolute atomic E-state index is 13.0. The number of amides is 1. The Bertz CT molecular complexity index is 965. The van der Waals surface area contributed by atoms with E-state index in [4.69, 9.17) is 4.74 Å². The number of anilines is 1. The third-order valence-corrected chi connectivity index (χ3v) is 3.66. The summed E-state index contributed by atoms with van der Waals surface area (Å²) in [6.07, 6.45) is 0. The Hall–Kier alpha value is -3.41. The Labute approximate surface area is 143 Å². The summed E-state index contributed by atoms with van der Waals surface area (Å²) in [7, 11) is 1.50. The number of hydrogen-bond donors (Lipinski definition) is 2. The molecule has 1 heterocycles. The molecule has 1 aromatic heterocycles. The summed E-state index contributed by atoms with van der Waals surface area (Å²) in [5.41, 5.74) is 1.05. The fourth-order valence-electron chi connectivity index (χ4n) is 2.39. The Morgan fingerprint density at radius 1 is 1.04 bits per heavy atom. The number of rotatable bonds is 4. The number of benzene rings is 2. The van der Waals surface area contributed by atoms with Gasteiger partial charge < -0.3 is 15.0 Å². The van der Waals surface area contributed by atoms with Gasteiger partial charge in [0.15, 0.2) is 0 Å². The molecule has 2 N–H and O–H groups in total. The highest BCUT2D eigenvalue weighted by molar-refractivity contribution is 6.04. The van der Waals surface area contributed by atoms with Crippen LogP contribution in [0, 0.1) is 5.82 Å². The van der Waals surface area contributed by atoms with Gasteiger partial charge >= 0.3 is 0 Å². The van der Waals surface area contributed by atoms with Crippen molar-refractivity contribution in [3.05, 3.63) is 82.4 Å². The van der Waals surface area contributed by atoms with E-state index in [9.17, 15) is 14.0 Å². The Balaban J connectivity index is 1.87. The average Bonchev–Trinajstić information content (AvgIpc) is 2.62. The van der Waals surface area contributed by atoms with Gasteiger partial charge in [0.25, 0.3) is 11.5 Å². The molecule has 0 aliphatic heterocycles. The van der Waals surface area contributed by atoms with Crippen LogP contribution in [-0.2, 0) is 0 Å². The highest BCUT2D eigenvalue weighted by atomic mass is 19.1. The van der Waals surface area contributed by atoms with Crippen LogP contribution in [0.15, 0.2) is 65.5 Å². The molecule has 126 valence electrons. The molecule has 25 heavy (non-hydrogen) atoms. The van der Waals surface area contributed by atoms with Gasteiger partial charge in [0.1, 0.15) is 17.1 Å². The first-order chi connectivity index (χ1) is 12.1. The number of aromatic nitrogens is 1. The number of ether oxygens (including phenoxy) is 1. The van der Waals surface area contributed by atoms with E-state index in [1.807, 2.05) is 0 Å². The maximum atomic E-state index is 13.0. The van der Waals surface area contributed by atoms with Gasteiger partial charge in [-0.25, -0.2) is 4.39 Å². The highest BCUT2D eigenvalue weighted by Gasteiger charge is 2.13. The molecular weight excluding hydrogens is 323 g/mol. The third kappa shape index (κ3) is 3.58. The SMILES string of the molecule is COc1ccccc1NC(=O)c1ccc(-c2ccc(F)cc2)[nH]c1=O. The smallest absolute Gasteiger partial charge is 0.261 e. The summed E-state index contributed by atoms with van der Waals surface area (Å²) in [6, 6.07) is 15.7. The lowest BCUT2D eigenvalue weighted by Crippen LogP contribution is -2.23. The van der Waals surface area contributed by atoms with Crippen LogP contribution in [0.3, 0.4) is 0 Å². The maximum Gasteiger partial charge on any atom is 0.261 e. The molecule has 3 rings (SSSR count). The van der Waals surface area contributed by atoms with Crippen LogP contribution in [0.25, 0.3) is 11.3 Å². The number of pyridine rings is 1. The molecule has 1 amide bonds. The Kier molecular flexibility index (Phi) is 4.61. The lowest BCUT2D eigenvalue weighted by atomic mass is 10.1. The molecule has 0 radical (unpaired) electrons. The molecular formula is C19H15FN2O3. The molecule has 0 fully saturated rings. The molecule has 5 nitrogen and oxygen atoms in total. The van der Waals surface area contributed by atoms with E-state index in [1.165, 1.54) is 25.3 Å². The summed E-state index contributed by atoms with van der Waals surface area (Å²) in [5.74, 6) is -0.412.